The fourth-order valence-corrected chi connectivity index (χ4v) is 1.98. The number of rotatable bonds is 0. The Morgan fingerprint density at radius 1 is 0.929 bits per heavy atom. The van der Waals surface area contributed by atoms with Crippen molar-refractivity contribution in [1.29, 1.82) is 0 Å². The van der Waals surface area contributed by atoms with Crippen molar-refractivity contribution in [2.75, 3.05) is 0 Å². The van der Waals surface area contributed by atoms with E-state index in [1.54, 1.807) is 0 Å². The lowest BCUT2D eigenvalue weighted by Gasteiger charge is -2.08. The standard InChI is InChI=1S/C12H16N2/c1-7-6-12-9(3)13-8(2)11(5)14(12)10(7)4/h6H,1-5H3. The van der Waals surface area contributed by atoms with E-state index in [9.17, 15) is 0 Å². The van der Waals surface area contributed by atoms with Gasteiger partial charge in [-0.1, -0.05) is 0 Å². The summed E-state index contributed by atoms with van der Waals surface area (Å²) in [6.07, 6.45) is 0. The zero-order chi connectivity index (χ0) is 10.5. The summed E-state index contributed by atoms with van der Waals surface area (Å²) in [7, 11) is 0. The van der Waals surface area contributed by atoms with Crippen LogP contribution in [-0.2, 0) is 0 Å². The molecule has 0 saturated heterocycles. The maximum absolute atomic E-state index is 4.53. The number of fused-ring (bicyclic) bond motifs is 1. The van der Waals surface area contributed by atoms with Gasteiger partial charge < -0.3 is 4.40 Å². The molecule has 2 nitrogen and oxygen atoms in total. The van der Waals surface area contributed by atoms with Gasteiger partial charge in [0.25, 0.3) is 0 Å². The highest BCUT2D eigenvalue weighted by atomic mass is 15.0. The molecule has 74 valence electrons. The van der Waals surface area contributed by atoms with Crippen LogP contribution in [0.25, 0.3) is 5.52 Å². The van der Waals surface area contributed by atoms with Crippen LogP contribution in [0.1, 0.15) is 28.3 Å². The molecule has 0 radical (unpaired) electrons. The Bertz CT molecular complexity index is 507. The summed E-state index contributed by atoms with van der Waals surface area (Å²) < 4.78 is 2.30. The smallest absolute Gasteiger partial charge is 0.0671 e. The average Bonchev–Trinajstić information content (AvgIpc) is 2.41. The summed E-state index contributed by atoms with van der Waals surface area (Å²) in [6, 6.07) is 2.21. The average molecular weight is 188 g/mol. The highest BCUT2D eigenvalue weighted by Crippen LogP contribution is 2.20. The van der Waals surface area contributed by atoms with Gasteiger partial charge in [0.1, 0.15) is 0 Å². The fraction of sp³-hybridized carbons (Fsp3) is 0.417. The quantitative estimate of drug-likeness (QED) is 0.621. The Labute approximate surface area is 84.6 Å². The van der Waals surface area contributed by atoms with Crippen molar-refractivity contribution in [2.24, 2.45) is 0 Å². The third kappa shape index (κ3) is 1.07. The minimum atomic E-state index is 1.12. The van der Waals surface area contributed by atoms with Crippen LogP contribution >= 0.6 is 0 Å². The fourth-order valence-electron chi connectivity index (χ4n) is 1.98. The highest BCUT2D eigenvalue weighted by molar-refractivity contribution is 5.58. The van der Waals surface area contributed by atoms with Crippen LogP contribution in [0.3, 0.4) is 0 Å². The molecule has 2 heteroatoms. The summed E-state index contributed by atoms with van der Waals surface area (Å²) in [4.78, 5) is 4.53. The van der Waals surface area contributed by atoms with Crippen LogP contribution in [0.5, 0.6) is 0 Å². The molecule has 0 aliphatic rings. The van der Waals surface area contributed by atoms with Crippen LogP contribution in [0.15, 0.2) is 6.07 Å². The molecule has 14 heavy (non-hydrogen) atoms. The third-order valence-electron chi connectivity index (χ3n) is 3.07. The predicted octanol–water partition coefficient (Wildman–Crippen LogP) is 2.88. The second-order valence-electron chi connectivity index (χ2n) is 4.00. The first-order chi connectivity index (χ1) is 6.52. The van der Waals surface area contributed by atoms with Crippen LogP contribution < -0.4 is 0 Å². The van der Waals surface area contributed by atoms with E-state index < -0.39 is 0 Å². The van der Waals surface area contributed by atoms with Crippen molar-refractivity contribution in [3.63, 3.8) is 0 Å². The maximum Gasteiger partial charge on any atom is 0.0671 e. The van der Waals surface area contributed by atoms with Crippen LogP contribution in [0.2, 0.25) is 0 Å². The zero-order valence-corrected chi connectivity index (χ0v) is 9.47. The van der Waals surface area contributed by atoms with Gasteiger partial charge in [-0.05, 0) is 46.2 Å². The first-order valence-corrected chi connectivity index (χ1v) is 4.95. The van der Waals surface area contributed by atoms with Crippen LogP contribution in [0.4, 0.5) is 0 Å². The summed E-state index contributed by atoms with van der Waals surface area (Å²) in [5.41, 5.74) is 7.38. The first kappa shape index (κ1) is 9.25. The van der Waals surface area contributed by atoms with E-state index in [1.807, 2.05) is 0 Å². The molecule has 0 spiro atoms. The number of aromatic nitrogens is 2. The molecule has 2 aromatic rings. The molecule has 0 aliphatic heterocycles. The number of hydrogen-bond donors (Lipinski definition) is 0. The van der Waals surface area contributed by atoms with E-state index in [0.29, 0.717) is 0 Å². The Balaban J connectivity index is 3.03. The molecule has 2 rings (SSSR count). The van der Waals surface area contributed by atoms with Gasteiger partial charge in [-0.2, -0.15) is 0 Å². The van der Waals surface area contributed by atoms with E-state index in [0.717, 1.165) is 11.4 Å². The van der Waals surface area contributed by atoms with Gasteiger partial charge in [0.15, 0.2) is 0 Å². The Hall–Kier alpha value is -1.31. The zero-order valence-electron chi connectivity index (χ0n) is 9.47. The third-order valence-corrected chi connectivity index (χ3v) is 3.07. The largest absolute Gasteiger partial charge is 0.315 e. The van der Waals surface area contributed by atoms with E-state index in [-0.39, 0.29) is 0 Å². The Morgan fingerprint density at radius 2 is 1.57 bits per heavy atom. The van der Waals surface area contributed by atoms with E-state index in [4.69, 9.17) is 0 Å². The van der Waals surface area contributed by atoms with Crippen molar-refractivity contribution < 1.29 is 0 Å². The van der Waals surface area contributed by atoms with E-state index in [1.165, 1.54) is 22.5 Å². The molecule has 0 bridgehead atoms. The molecule has 0 atom stereocenters. The molecule has 0 aliphatic carbocycles. The van der Waals surface area contributed by atoms with Gasteiger partial charge in [0.05, 0.1) is 16.9 Å². The van der Waals surface area contributed by atoms with Crippen LogP contribution in [-0.4, -0.2) is 9.38 Å². The number of hydrogen-bond acceptors (Lipinski definition) is 1. The summed E-state index contributed by atoms with van der Waals surface area (Å²) >= 11 is 0. The predicted molar refractivity (Wildman–Crippen MR) is 58.9 cm³/mol. The lowest BCUT2D eigenvalue weighted by atomic mass is 10.3. The summed E-state index contributed by atoms with van der Waals surface area (Å²) in [6.45, 7) is 10.6. The molecule has 0 N–H and O–H groups in total. The molecule has 0 fully saturated rings. The second kappa shape index (κ2) is 2.84. The van der Waals surface area contributed by atoms with E-state index in [2.05, 4.69) is 50.1 Å². The Morgan fingerprint density at radius 3 is 2.21 bits per heavy atom. The van der Waals surface area contributed by atoms with Gasteiger partial charge in [0, 0.05) is 11.4 Å². The highest BCUT2D eigenvalue weighted by Gasteiger charge is 2.09. The summed E-state index contributed by atoms with van der Waals surface area (Å²) in [5, 5.41) is 0. The number of nitrogens with zero attached hydrogens (tertiary/aromatic N) is 2. The SMILES string of the molecule is Cc1cc2c(C)nc(C)c(C)n2c1C. The first-order valence-electron chi connectivity index (χ1n) is 4.95. The van der Waals surface area contributed by atoms with Crippen molar-refractivity contribution in [2.45, 2.75) is 34.6 Å². The van der Waals surface area contributed by atoms with E-state index >= 15 is 0 Å². The van der Waals surface area contributed by atoms with Crippen molar-refractivity contribution in [1.82, 2.24) is 9.38 Å². The second-order valence-corrected chi connectivity index (χ2v) is 4.00. The van der Waals surface area contributed by atoms with Gasteiger partial charge in [-0.25, -0.2) is 0 Å². The molecule has 2 heterocycles. The molecular weight excluding hydrogens is 172 g/mol. The molecule has 2 aromatic heterocycles. The molecule has 0 amide bonds. The van der Waals surface area contributed by atoms with Gasteiger partial charge in [-0.3, -0.25) is 4.98 Å². The Kier molecular flexibility index (Phi) is 1.88. The summed E-state index contributed by atoms with van der Waals surface area (Å²) in [5.74, 6) is 0. The minimum Gasteiger partial charge on any atom is -0.315 e. The minimum absolute atomic E-state index is 1.12. The lowest BCUT2D eigenvalue weighted by Crippen LogP contribution is -2.01. The molecular formula is C12H16N2. The van der Waals surface area contributed by atoms with Gasteiger partial charge in [-0.15, -0.1) is 0 Å². The molecule has 0 saturated carbocycles. The van der Waals surface area contributed by atoms with Crippen molar-refractivity contribution in [3.05, 3.63) is 34.4 Å². The van der Waals surface area contributed by atoms with Gasteiger partial charge >= 0.3 is 0 Å². The topological polar surface area (TPSA) is 17.3 Å². The normalized spacial score (nSPS) is 11.2. The maximum atomic E-state index is 4.53. The van der Waals surface area contributed by atoms with Crippen molar-refractivity contribution in [3.8, 4) is 0 Å². The number of aryl methyl sites for hydroxylation is 5. The molecule has 0 aromatic carbocycles. The monoisotopic (exact) mass is 188 g/mol. The van der Waals surface area contributed by atoms with Gasteiger partial charge in [0.2, 0.25) is 0 Å². The molecule has 0 unspecified atom stereocenters. The van der Waals surface area contributed by atoms with Crippen molar-refractivity contribution >= 4 is 5.52 Å². The van der Waals surface area contributed by atoms with Crippen LogP contribution in [0, 0.1) is 34.6 Å². The lowest BCUT2D eigenvalue weighted by molar-refractivity contribution is 0.947.